The molecule has 28 heavy (non-hydrogen) atoms. The van der Waals surface area contributed by atoms with Gasteiger partial charge >= 0.3 is 0 Å². The monoisotopic (exact) mass is 428 g/mol. The first kappa shape index (κ1) is 19.3. The van der Waals surface area contributed by atoms with Gasteiger partial charge in [0, 0.05) is 15.7 Å². The third-order valence-electron chi connectivity index (χ3n) is 5.13. The summed E-state index contributed by atoms with van der Waals surface area (Å²) in [5.41, 5.74) is 6.81. The number of hydrogen-bond donors (Lipinski definition) is 0. The Balaban J connectivity index is 2.05. The molecule has 0 bridgehead atoms. The van der Waals surface area contributed by atoms with Crippen molar-refractivity contribution in [3.05, 3.63) is 99.1 Å². The predicted molar refractivity (Wildman–Crippen MR) is 116 cm³/mol. The van der Waals surface area contributed by atoms with Crippen LogP contribution in [0.5, 0.6) is 0 Å². The average molecular weight is 429 g/mol. The van der Waals surface area contributed by atoms with Crippen LogP contribution in [0.2, 0.25) is 5.02 Å². The molecule has 0 atom stereocenters. The summed E-state index contributed by atoms with van der Waals surface area (Å²) in [7, 11) is 1.82. The quantitative estimate of drug-likeness (QED) is 0.451. The molecule has 3 aromatic carbocycles. The van der Waals surface area contributed by atoms with Crippen LogP contribution in [0.4, 0.5) is 0 Å². The lowest BCUT2D eigenvalue weighted by molar-refractivity contribution is 0.609. The smallest absolute Gasteiger partial charge is 0.207 e. The molecule has 5 heteroatoms. The Morgan fingerprint density at radius 3 is 1.96 bits per heavy atom. The Morgan fingerprint density at radius 1 is 0.893 bits per heavy atom. The minimum Gasteiger partial charge on any atom is -0.207 e. The molecule has 0 aliphatic heterocycles. The van der Waals surface area contributed by atoms with Gasteiger partial charge in [-0.15, -0.1) is 0 Å². The van der Waals surface area contributed by atoms with Crippen LogP contribution in [0, 0.1) is 6.92 Å². The van der Waals surface area contributed by atoms with Crippen LogP contribution in [0.3, 0.4) is 0 Å². The van der Waals surface area contributed by atoms with Gasteiger partial charge in [-0.3, -0.25) is 0 Å². The summed E-state index contributed by atoms with van der Waals surface area (Å²) >= 11 is 6.32. The first-order valence-electron chi connectivity index (χ1n) is 8.97. The lowest BCUT2D eigenvalue weighted by atomic mass is 9.92. The number of fused-ring (bicyclic) bond motifs is 2. The molecule has 1 aliphatic carbocycles. The number of aryl methyl sites for hydroxylation is 3. The van der Waals surface area contributed by atoms with Crippen LogP contribution in [0.25, 0.3) is 11.6 Å². The van der Waals surface area contributed by atoms with Gasteiger partial charge < -0.3 is 0 Å². The van der Waals surface area contributed by atoms with Crippen LogP contribution in [0.15, 0.2) is 65.6 Å². The second kappa shape index (κ2) is 7.40. The molecule has 2 nitrogen and oxygen atoms in total. The van der Waals surface area contributed by atoms with Crippen LogP contribution >= 0.6 is 22.3 Å². The number of hydrogen-bond acceptors (Lipinski definition) is 2. The fourth-order valence-corrected chi connectivity index (χ4v) is 5.01. The third kappa shape index (κ3) is 3.62. The maximum absolute atomic E-state index is 12.2. The number of halogens is 2. The molecule has 0 amide bonds. The summed E-state index contributed by atoms with van der Waals surface area (Å²) < 4.78 is 24.4. The molecular weight excluding hydrogens is 411 g/mol. The van der Waals surface area contributed by atoms with Gasteiger partial charge in [0.25, 0.3) is 9.05 Å². The first-order chi connectivity index (χ1) is 13.3. The molecule has 0 saturated carbocycles. The molecule has 142 valence electrons. The summed E-state index contributed by atoms with van der Waals surface area (Å²) in [5.74, 6) is 0. The summed E-state index contributed by atoms with van der Waals surface area (Å²) in [5, 5.41) is 0.506. The zero-order valence-electron chi connectivity index (χ0n) is 15.2. The average Bonchev–Trinajstić information content (AvgIpc) is 2.81. The molecule has 4 rings (SSSR count). The van der Waals surface area contributed by atoms with E-state index < -0.39 is 9.05 Å². The van der Waals surface area contributed by atoms with Crippen LogP contribution in [-0.2, 0) is 21.9 Å². The second-order valence-electron chi connectivity index (χ2n) is 6.95. The highest BCUT2D eigenvalue weighted by atomic mass is 35.7. The topological polar surface area (TPSA) is 34.1 Å². The van der Waals surface area contributed by atoms with Crippen LogP contribution in [-0.4, -0.2) is 8.42 Å². The fraction of sp³-hybridized carbons (Fsp3) is 0.130. The zero-order valence-corrected chi connectivity index (χ0v) is 17.6. The highest BCUT2D eigenvalue weighted by Gasteiger charge is 2.21. The van der Waals surface area contributed by atoms with E-state index in [1.165, 1.54) is 17.2 Å². The van der Waals surface area contributed by atoms with E-state index in [9.17, 15) is 8.42 Å². The highest BCUT2D eigenvalue weighted by Crippen LogP contribution is 2.37. The van der Waals surface area contributed by atoms with Gasteiger partial charge in [-0.2, -0.15) is 0 Å². The van der Waals surface area contributed by atoms with E-state index in [-0.39, 0.29) is 4.90 Å². The molecule has 0 N–H and O–H groups in total. The van der Waals surface area contributed by atoms with Crippen LogP contribution in [0.1, 0.15) is 33.4 Å². The Bertz CT molecular complexity index is 1160. The van der Waals surface area contributed by atoms with E-state index >= 15 is 0 Å². The van der Waals surface area contributed by atoms with Gasteiger partial charge in [0.2, 0.25) is 0 Å². The van der Waals surface area contributed by atoms with Crippen molar-refractivity contribution in [3.8, 4) is 0 Å². The van der Waals surface area contributed by atoms with Crippen molar-refractivity contribution in [2.45, 2.75) is 24.7 Å². The largest absolute Gasteiger partial charge is 0.261 e. The van der Waals surface area contributed by atoms with Gasteiger partial charge in [0.1, 0.15) is 0 Å². The lowest BCUT2D eigenvalue weighted by Gasteiger charge is -2.14. The van der Waals surface area contributed by atoms with Crippen molar-refractivity contribution < 1.29 is 8.42 Å². The summed E-state index contributed by atoms with van der Waals surface area (Å²) in [6.07, 6.45) is 3.75. The Labute approximate surface area is 174 Å². The van der Waals surface area contributed by atoms with Crippen molar-refractivity contribution in [2.75, 3.05) is 0 Å². The van der Waals surface area contributed by atoms with Gasteiger partial charge in [-0.05, 0) is 76.9 Å². The summed E-state index contributed by atoms with van der Waals surface area (Å²) in [6, 6.07) is 19.7. The van der Waals surface area contributed by atoms with Gasteiger partial charge in [0.15, 0.2) is 0 Å². The molecule has 0 radical (unpaired) electrons. The van der Waals surface area contributed by atoms with Gasteiger partial charge in [-0.1, -0.05) is 60.1 Å². The fourth-order valence-electron chi connectivity index (χ4n) is 3.72. The van der Waals surface area contributed by atoms with Crippen LogP contribution < -0.4 is 0 Å². The molecular formula is C23H18Cl2O2S. The van der Waals surface area contributed by atoms with Gasteiger partial charge in [0.05, 0.1) is 4.90 Å². The molecule has 0 saturated heterocycles. The second-order valence-corrected chi connectivity index (χ2v) is 9.89. The minimum atomic E-state index is -3.92. The van der Waals surface area contributed by atoms with Gasteiger partial charge in [-0.25, -0.2) is 8.42 Å². The number of benzene rings is 3. The van der Waals surface area contributed by atoms with E-state index in [2.05, 4.69) is 24.3 Å². The van der Waals surface area contributed by atoms with Crippen molar-refractivity contribution in [2.24, 2.45) is 0 Å². The van der Waals surface area contributed by atoms with E-state index in [1.807, 2.05) is 30.3 Å². The van der Waals surface area contributed by atoms with E-state index in [0.717, 1.165) is 29.5 Å². The normalized spacial score (nSPS) is 13.5. The van der Waals surface area contributed by atoms with Crippen molar-refractivity contribution in [1.29, 1.82) is 0 Å². The maximum atomic E-state index is 12.2. The Morgan fingerprint density at radius 2 is 1.43 bits per heavy atom. The Kier molecular flexibility index (Phi) is 5.09. The minimum absolute atomic E-state index is 0.0720. The van der Waals surface area contributed by atoms with Crippen molar-refractivity contribution in [3.63, 3.8) is 0 Å². The summed E-state index contributed by atoms with van der Waals surface area (Å²) in [6.45, 7) is 1.76. The zero-order chi connectivity index (χ0) is 19.9. The van der Waals surface area contributed by atoms with E-state index in [4.69, 9.17) is 22.3 Å². The molecule has 0 unspecified atom stereocenters. The summed E-state index contributed by atoms with van der Waals surface area (Å²) in [4.78, 5) is 0.0720. The molecule has 3 aromatic rings. The van der Waals surface area contributed by atoms with Crippen molar-refractivity contribution in [1.82, 2.24) is 0 Å². The molecule has 0 heterocycles. The molecule has 0 spiro atoms. The SMILES string of the molecule is Cc1cc(S(=O)(=O)Cl)c(C=C2c3ccccc3CCc3ccccc32)cc1Cl. The van der Waals surface area contributed by atoms with E-state index in [0.29, 0.717) is 16.1 Å². The molecule has 0 aromatic heterocycles. The molecule has 1 aliphatic rings. The van der Waals surface area contributed by atoms with E-state index in [1.54, 1.807) is 13.0 Å². The lowest BCUT2D eigenvalue weighted by Crippen LogP contribution is -1.98. The maximum Gasteiger partial charge on any atom is 0.261 e. The standard InChI is InChI=1S/C23H18Cl2O2S/c1-15-12-23(28(25,26)27)18(14-22(15)24)13-21-19-8-4-2-6-16(19)10-11-17-7-3-5-9-20(17)21/h2-9,12-14H,10-11H2,1H3. The number of rotatable bonds is 2. The first-order valence-corrected chi connectivity index (χ1v) is 11.7. The third-order valence-corrected chi connectivity index (χ3v) is 6.92. The molecule has 0 fully saturated rings. The Hall–Kier alpha value is -2.07. The predicted octanol–water partition coefficient (Wildman–Crippen LogP) is 6.26. The highest BCUT2D eigenvalue weighted by molar-refractivity contribution is 8.13. The van der Waals surface area contributed by atoms with Crippen molar-refractivity contribution >= 4 is 43.0 Å².